The monoisotopic (exact) mass is 186 g/mol. The first kappa shape index (κ1) is 10.5. The molecule has 2 N–H and O–H groups in total. The minimum atomic E-state index is -0.153. The Kier molecular flexibility index (Phi) is 2.93. The summed E-state index contributed by atoms with van der Waals surface area (Å²) in [5.74, 6) is -0.153. The Labute approximate surface area is 79.0 Å². The molecule has 1 aliphatic rings. The van der Waals surface area contributed by atoms with E-state index in [9.17, 15) is 4.79 Å². The number of carbonyl (C=O) groups is 1. The van der Waals surface area contributed by atoms with Gasteiger partial charge in [-0.2, -0.15) is 0 Å². The van der Waals surface area contributed by atoms with Gasteiger partial charge in [0.25, 0.3) is 0 Å². The maximum absolute atomic E-state index is 11.1. The van der Waals surface area contributed by atoms with Crippen LogP contribution in [0.25, 0.3) is 0 Å². The molecule has 0 radical (unpaired) electrons. The molecule has 4 nitrogen and oxygen atoms in total. The molecule has 0 saturated carbocycles. The number of cyclic esters (lactones) is 1. The molecule has 1 fully saturated rings. The van der Waals surface area contributed by atoms with Gasteiger partial charge in [0.05, 0.1) is 12.1 Å². The summed E-state index contributed by atoms with van der Waals surface area (Å²) in [6.45, 7) is 7.52. The van der Waals surface area contributed by atoms with E-state index in [1.165, 1.54) is 0 Å². The summed E-state index contributed by atoms with van der Waals surface area (Å²) < 4.78 is 5.00. The van der Waals surface area contributed by atoms with Gasteiger partial charge < -0.3 is 10.5 Å². The average molecular weight is 186 g/mol. The van der Waals surface area contributed by atoms with Gasteiger partial charge >= 0.3 is 5.97 Å². The molecule has 76 valence electrons. The lowest BCUT2D eigenvalue weighted by molar-refractivity contribution is -0.162. The topological polar surface area (TPSA) is 55.6 Å². The highest BCUT2D eigenvalue weighted by Crippen LogP contribution is 2.21. The van der Waals surface area contributed by atoms with Crippen LogP contribution in [0.2, 0.25) is 0 Å². The highest BCUT2D eigenvalue weighted by molar-refractivity contribution is 5.72. The SMILES string of the molecule is CC(CN)N1CC(=O)OCC1(C)C. The van der Waals surface area contributed by atoms with E-state index in [1.54, 1.807) is 0 Å². The van der Waals surface area contributed by atoms with Gasteiger partial charge in [-0.25, -0.2) is 0 Å². The van der Waals surface area contributed by atoms with Crippen molar-refractivity contribution in [2.45, 2.75) is 32.4 Å². The molecule has 0 spiro atoms. The van der Waals surface area contributed by atoms with Crippen LogP contribution in [0.5, 0.6) is 0 Å². The molecule has 1 unspecified atom stereocenters. The largest absolute Gasteiger partial charge is 0.463 e. The number of esters is 1. The van der Waals surface area contributed by atoms with Crippen LogP contribution in [0, 0.1) is 0 Å². The summed E-state index contributed by atoms with van der Waals surface area (Å²) >= 11 is 0. The van der Waals surface area contributed by atoms with E-state index < -0.39 is 0 Å². The molecule has 0 aliphatic carbocycles. The fourth-order valence-corrected chi connectivity index (χ4v) is 1.62. The van der Waals surface area contributed by atoms with E-state index in [4.69, 9.17) is 10.5 Å². The summed E-state index contributed by atoms with van der Waals surface area (Å²) in [4.78, 5) is 13.2. The molecule has 1 heterocycles. The summed E-state index contributed by atoms with van der Waals surface area (Å²) in [5.41, 5.74) is 5.49. The van der Waals surface area contributed by atoms with Crippen LogP contribution in [0.4, 0.5) is 0 Å². The Balaban J connectivity index is 2.71. The molecule has 0 aromatic rings. The van der Waals surface area contributed by atoms with E-state index in [0.717, 1.165) is 0 Å². The number of nitrogens with two attached hydrogens (primary N) is 1. The zero-order valence-electron chi connectivity index (χ0n) is 8.54. The van der Waals surface area contributed by atoms with Crippen molar-refractivity contribution in [2.75, 3.05) is 19.7 Å². The lowest BCUT2D eigenvalue weighted by atomic mass is 10.00. The van der Waals surface area contributed by atoms with E-state index in [1.807, 2.05) is 6.92 Å². The average Bonchev–Trinajstić information content (AvgIpc) is 2.08. The summed E-state index contributed by atoms with van der Waals surface area (Å²) in [7, 11) is 0. The van der Waals surface area contributed by atoms with Crippen LogP contribution >= 0.6 is 0 Å². The standard InChI is InChI=1S/C9H18N2O2/c1-7(4-10)11-5-8(12)13-6-9(11,2)3/h7H,4-6,10H2,1-3H3. The number of hydrogen-bond acceptors (Lipinski definition) is 4. The quantitative estimate of drug-likeness (QED) is 0.615. The molecule has 4 heteroatoms. The predicted octanol–water partition coefficient (Wildman–Crippen LogP) is -0.0290. The summed E-state index contributed by atoms with van der Waals surface area (Å²) in [6.07, 6.45) is 0. The second-order valence-electron chi connectivity index (χ2n) is 4.19. The van der Waals surface area contributed by atoms with Gasteiger partial charge in [-0.05, 0) is 20.8 Å². The number of morpholine rings is 1. The molecule has 1 saturated heterocycles. The summed E-state index contributed by atoms with van der Waals surface area (Å²) in [5, 5.41) is 0. The van der Waals surface area contributed by atoms with Crippen molar-refractivity contribution in [1.82, 2.24) is 4.90 Å². The normalized spacial score (nSPS) is 25.4. The second-order valence-corrected chi connectivity index (χ2v) is 4.19. The number of carbonyl (C=O) groups excluding carboxylic acids is 1. The van der Waals surface area contributed by atoms with Crippen molar-refractivity contribution >= 4 is 5.97 Å². The first-order valence-electron chi connectivity index (χ1n) is 4.60. The third-order valence-corrected chi connectivity index (χ3v) is 2.54. The van der Waals surface area contributed by atoms with Gasteiger partial charge in [0, 0.05) is 12.6 Å². The Morgan fingerprint density at radius 2 is 2.31 bits per heavy atom. The summed E-state index contributed by atoms with van der Waals surface area (Å²) in [6, 6.07) is 0.225. The minimum absolute atomic E-state index is 0.0906. The van der Waals surface area contributed by atoms with E-state index in [2.05, 4.69) is 18.7 Å². The lowest BCUT2D eigenvalue weighted by Gasteiger charge is -2.44. The number of nitrogens with zero attached hydrogens (tertiary/aromatic N) is 1. The van der Waals surface area contributed by atoms with Gasteiger partial charge in [-0.1, -0.05) is 0 Å². The first-order chi connectivity index (χ1) is 5.97. The van der Waals surface area contributed by atoms with Crippen molar-refractivity contribution in [1.29, 1.82) is 0 Å². The number of rotatable bonds is 2. The fraction of sp³-hybridized carbons (Fsp3) is 0.889. The molecule has 1 aliphatic heterocycles. The smallest absolute Gasteiger partial charge is 0.320 e. The lowest BCUT2D eigenvalue weighted by Crippen LogP contribution is -2.59. The molecule has 13 heavy (non-hydrogen) atoms. The maximum atomic E-state index is 11.1. The van der Waals surface area contributed by atoms with Crippen molar-refractivity contribution in [3.05, 3.63) is 0 Å². The van der Waals surface area contributed by atoms with Gasteiger partial charge in [-0.3, -0.25) is 9.69 Å². The van der Waals surface area contributed by atoms with Crippen molar-refractivity contribution in [2.24, 2.45) is 5.73 Å². The predicted molar refractivity (Wildman–Crippen MR) is 50.3 cm³/mol. The first-order valence-corrected chi connectivity index (χ1v) is 4.60. The highest BCUT2D eigenvalue weighted by Gasteiger charge is 2.36. The van der Waals surface area contributed by atoms with Crippen LogP contribution in [0.1, 0.15) is 20.8 Å². The Hall–Kier alpha value is -0.610. The molecule has 1 rings (SSSR count). The second kappa shape index (κ2) is 3.64. The number of ether oxygens (including phenoxy) is 1. The maximum Gasteiger partial charge on any atom is 0.320 e. The van der Waals surface area contributed by atoms with E-state index >= 15 is 0 Å². The number of hydrogen-bond donors (Lipinski definition) is 1. The zero-order chi connectivity index (χ0) is 10.1. The molecule has 1 atom stereocenters. The molecule has 0 amide bonds. The van der Waals surface area contributed by atoms with Gasteiger partial charge in [0.1, 0.15) is 6.61 Å². The molecule has 0 bridgehead atoms. The minimum Gasteiger partial charge on any atom is -0.463 e. The highest BCUT2D eigenvalue weighted by atomic mass is 16.5. The van der Waals surface area contributed by atoms with Gasteiger partial charge in [-0.15, -0.1) is 0 Å². The Morgan fingerprint density at radius 3 is 2.85 bits per heavy atom. The van der Waals surface area contributed by atoms with Crippen LogP contribution in [0.3, 0.4) is 0 Å². The third-order valence-electron chi connectivity index (χ3n) is 2.54. The van der Waals surface area contributed by atoms with Crippen LogP contribution in [-0.4, -0.2) is 42.1 Å². The van der Waals surface area contributed by atoms with Gasteiger partial charge in [0.2, 0.25) is 0 Å². The molecule has 0 aromatic carbocycles. The van der Waals surface area contributed by atoms with Crippen LogP contribution in [-0.2, 0) is 9.53 Å². The molecule has 0 aromatic heterocycles. The van der Waals surface area contributed by atoms with Gasteiger partial charge in [0.15, 0.2) is 0 Å². The Bertz CT molecular complexity index is 204. The molecular formula is C9H18N2O2. The van der Waals surface area contributed by atoms with Crippen molar-refractivity contribution in [3.8, 4) is 0 Å². The van der Waals surface area contributed by atoms with E-state index in [-0.39, 0.29) is 17.6 Å². The third kappa shape index (κ3) is 2.19. The van der Waals surface area contributed by atoms with E-state index in [0.29, 0.717) is 19.7 Å². The van der Waals surface area contributed by atoms with Crippen LogP contribution < -0.4 is 5.73 Å². The zero-order valence-corrected chi connectivity index (χ0v) is 8.54. The molecular weight excluding hydrogens is 168 g/mol. The Morgan fingerprint density at radius 1 is 1.69 bits per heavy atom. The van der Waals surface area contributed by atoms with Crippen molar-refractivity contribution in [3.63, 3.8) is 0 Å². The van der Waals surface area contributed by atoms with Crippen LogP contribution in [0.15, 0.2) is 0 Å². The van der Waals surface area contributed by atoms with Crippen molar-refractivity contribution < 1.29 is 9.53 Å². The fourth-order valence-electron chi connectivity index (χ4n) is 1.62.